The van der Waals surface area contributed by atoms with Crippen LogP contribution in [0.5, 0.6) is 5.75 Å². The molecule has 1 aliphatic rings. The summed E-state index contributed by atoms with van der Waals surface area (Å²) in [5, 5.41) is 3.13. The monoisotopic (exact) mass is 373 g/mol. The summed E-state index contributed by atoms with van der Waals surface area (Å²) in [5.74, 6) is -0.758. The Morgan fingerprint density at radius 1 is 0.963 bits per heavy atom. The number of esters is 2. The number of carbonyl (C=O) groups excluding carboxylic acids is 2. The van der Waals surface area contributed by atoms with Crippen LogP contribution in [0.3, 0.4) is 0 Å². The van der Waals surface area contributed by atoms with Crippen molar-refractivity contribution in [2.45, 2.75) is 40.5 Å². The van der Waals surface area contributed by atoms with E-state index in [0.717, 1.165) is 11.1 Å². The Morgan fingerprint density at radius 2 is 1.48 bits per heavy atom. The molecule has 1 N–H and O–H groups in total. The van der Waals surface area contributed by atoms with E-state index in [1.165, 1.54) is 0 Å². The van der Waals surface area contributed by atoms with Crippen molar-refractivity contribution in [1.29, 1.82) is 0 Å². The van der Waals surface area contributed by atoms with E-state index in [4.69, 9.17) is 14.2 Å². The molecule has 1 aliphatic heterocycles. The minimum atomic E-state index is -0.574. The van der Waals surface area contributed by atoms with Crippen molar-refractivity contribution in [3.05, 3.63) is 51.9 Å². The first-order valence-corrected chi connectivity index (χ1v) is 9.02. The van der Waals surface area contributed by atoms with Gasteiger partial charge in [-0.05, 0) is 57.9 Å². The number of hydrogen-bond donors (Lipinski definition) is 1. The second-order valence-corrected chi connectivity index (χ2v) is 6.30. The Bertz CT molecular complexity index is 767. The largest absolute Gasteiger partial charge is 0.497 e. The summed E-state index contributed by atoms with van der Waals surface area (Å²) in [5.41, 5.74) is 3.91. The summed E-state index contributed by atoms with van der Waals surface area (Å²) in [4.78, 5) is 25.5. The molecule has 1 aromatic rings. The van der Waals surface area contributed by atoms with Crippen molar-refractivity contribution in [3.8, 4) is 5.75 Å². The maximum atomic E-state index is 12.7. The quantitative estimate of drug-likeness (QED) is 0.771. The Morgan fingerprint density at radius 3 is 1.89 bits per heavy atom. The summed E-state index contributed by atoms with van der Waals surface area (Å²) < 4.78 is 15.8. The van der Waals surface area contributed by atoms with E-state index in [1.54, 1.807) is 21.0 Å². The van der Waals surface area contributed by atoms with Crippen LogP contribution in [0, 0.1) is 6.92 Å². The molecule has 0 aliphatic carbocycles. The van der Waals surface area contributed by atoms with Crippen LogP contribution in [0.2, 0.25) is 0 Å². The highest BCUT2D eigenvalue weighted by atomic mass is 16.5. The molecule has 27 heavy (non-hydrogen) atoms. The lowest BCUT2D eigenvalue weighted by Crippen LogP contribution is -2.32. The van der Waals surface area contributed by atoms with Crippen molar-refractivity contribution in [1.82, 2.24) is 5.32 Å². The van der Waals surface area contributed by atoms with E-state index in [9.17, 15) is 9.59 Å². The Hall–Kier alpha value is -2.76. The minimum absolute atomic E-state index is 0.251. The van der Waals surface area contributed by atoms with Crippen molar-refractivity contribution in [3.63, 3.8) is 0 Å². The summed E-state index contributed by atoms with van der Waals surface area (Å²) in [6.07, 6.45) is 0. The van der Waals surface area contributed by atoms with Crippen LogP contribution in [0.15, 0.2) is 40.7 Å². The van der Waals surface area contributed by atoms with Crippen LogP contribution in [0.1, 0.15) is 44.7 Å². The van der Waals surface area contributed by atoms with Gasteiger partial charge < -0.3 is 19.5 Å². The molecule has 1 heterocycles. The zero-order valence-electron chi connectivity index (χ0n) is 16.8. The van der Waals surface area contributed by atoms with Crippen molar-refractivity contribution < 1.29 is 23.8 Å². The molecule has 0 spiro atoms. The third-order valence-corrected chi connectivity index (χ3v) is 4.54. The number of allylic oxidation sites excluding steroid dienone is 2. The lowest BCUT2D eigenvalue weighted by Gasteiger charge is -2.31. The topological polar surface area (TPSA) is 73.9 Å². The molecule has 0 aromatic heterocycles. The number of nitrogens with one attached hydrogen (secondary N) is 1. The third kappa shape index (κ3) is 4.15. The van der Waals surface area contributed by atoms with Gasteiger partial charge in [0, 0.05) is 11.4 Å². The van der Waals surface area contributed by atoms with Gasteiger partial charge in [0.1, 0.15) is 5.75 Å². The molecular weight excluding hydrogens is 346 g/mol. The van der Waals surface area contributed by atoms with Crippen LogP contribution < -0.4 is 10.1 Å². The summed E-state index contributed by atoms with van der Waals surface area (Å²) in [6, 6.07) is 5.58. The van der Waals surface area contributed by atoms with Gasteiger partial charge in [0.2, 0.25) is 0 Å². The molecule has 6 heteroatoms. The van der Waals surface area contributed by atoms with E-state index in [0.29, 0.717) is 28.3 Å². The van der Waals surface area contributed by atoms with Gasteiger partial charge in [-0.2, -0.15) is 0 Å². The smallest absolute Gasteiger partial charge is 0.336 e. The van der Waals surface area contributed by atoms with Gasteiger partial charge in [0.15, 0.2) is 0 Å². The van der Waals surface area contributed by atoms with E-state index in [-0.39, 0.29) is 13.2 Å². The molecule has 0 atom stereocenters. The molecule has 6 nitrogen and oxygen atoms in total. The second kappa shape index (κ2) is 8.75. The number of carbonyl (C=O) groups is 2. The first-order valence-electron chi connectivity index (χ1n) is 9.02. The third-order valence-electron chi connectivity index (χ3n) is 4.54. The first-order chi connectivity index (χ1) is 12.8. The fraction of sp³-hybridized carbons (Fsp3) is 0.429. The van der Waals surface area contributed by atoms with E-state index in [1.807, 2.05) is 39.0 Å². The molecule has 2 rings (SSSR count). The average molecular weight is 373 g/mol. The standard InChI is InChI=1S/C21H27NO5/c1-7-26-20(23)17-13(4)22-14(5)18(21(24)27-8-2)19(17)16-10-9-15(25-6)11-12(16)3/h9-11,19,22H,7-8H2,1-6H3. The zero-order chi connectivity index (χ0) is 20.1. The number of rotatable bonds is 6. The highest BCUT2D eigenvalue weighted by molar-refractivity contribution is 6.00. The molecule has 146 valence electrons. The molecule has 0 fully saturated rings. The molecule has 0 saturated heterocycles. The zero-order valence-corrected chi connectivity index (χ0v) is 16.8. The number of benzene rings is 1. The normalized spacial score (nSPS) is 14.7. The van der Waals surface area contributed by atoms with Crippen LogP contribution in [0.25, 0.3) is 0 Å². The van der Waals surface area contributed by atoms with Crippen molar-refractivity contribution >= 4 is 11.9 Å². The van der Waals surface area contributed by atoms with Crippen molar-refractivity contribution in [2.75, 3.05) is 20.3 Å². The SMILES string of the molecule is CCOC(=O)C1=C(C)NC(C)=C(C(=O)OCC)C1c1ccc(OC)cc1C. The van der Waals surface area contributed by atoms with Crippen LogP contribution >= 0.6 is 0 Å². The number of dihydropyridines is 1. The van der Waals surface area contributed by atoms with E-state index in [2.05, 4.69) is 5.32 Å². The lowest BCUT2D eigenvalue weighted by molar-refractivity contribution is -0.139. The molecule has 0 amide bonds. The number of hydrogen-bond acceptors (Lipinski definition) is 6. The Kier molecular flexibility index (Phi) is 6.66. The molecule has 0 bridgehead atoms. The maximum Gasteiger partial charge on any atom is 0.336 e. The molecule has 0 unspecified atom stereocenters. The van der Waals surface area contributed by atoms with Crippen LogP contribution in [0.4, 0.5) is 0 Å². The fourth-order valence-corrected chi connectivity index (χ4v) is 3.36. The van der Waals surface area contributed by atoms with Gasteiger partial charge in [0.05, 0.1) is 37.4 Å². The van der Waals surface area contributed by atoms with Crippen LogP contribution in [-0.4, -0.2) is 32.3 Å². The Labute approximate surface area is 160 Å². The molecule has 1 aromatic carbocycles. The van der Waals surface area contributed by atoms with Gasteiger partial charge in [-0.3, -0.25) is 0 Å². The van der Waals surface area contributed by atoms with Crippen LogP contribution in [-0.2, 0) is 19.1 Å². The van der Waals surface area contributed by atoms with Gasteiger partial charge in [-0.1, -0.05) is 6.07 Å². The predicted molar refractivity (Wildman–Crippen MR) is 102 cm³/mol. The Balaban J connectivity index is 2.68. The minimum Gasteiger partial charge on any atom is -0.497 e. The van der Waals surface area contributed by atoms with Gasteiger partial charge in [-0.15, -0.1) is 0 Å². The highest BCUT2D eigenvalue weighted by Gasteiger charge is 2.38. The summed E-state index contributed by atoms with van der Waals surface area (Å²) in [7, 11) is 1.60. The van der Waals surface area contributed by atoms with Gasteiger partial charge in [0.25, 0.3) is 0 Å². The lowest BCUT2D eigenvalue weighted by atomic mass is 9.79. The number of ether oxygens (including phenoxy) is 3. The first kappa shape index (κ1) is 20.6. The number of methoxy groups -OCH3 is 1. The predicted octanol–water partition coefficient (Wildman–Crippen LogP) is 3.36. The summed E-state index contributed by atoms with van der Waals surface area (Å²) >= 11 is 0. The average Bonchev–Trinajstić information content (AvgIpc) is 2.61. The summed E-state index contributed by atoms with van der Waals surface area (Å²) in [6.45, 7) is 9.56. The van der Waals surface area contributed by atoms with E-state index >= 15 is 0 Å². The van der Waals surface area contributed by atoms with Gasteiger partial charge in [-0.25, -0.2) is 9.59 Å². The van der Waals surface area contributed by atoms with E-state index < -0.39 is 17.9 Å². The fourth-order valence-electron chi connectivity index (χ4n) is 3.36. The molecular formula is C21H27NO5. The van der Waals surface area contributed by atoms with Gasteiger partial charge >= 0.3 is 11.9 Å². The second-order valence-electron chi connectivity index (χ2n) is 6.30. The number of aryl methyl sites for hydroxylation is 1. The van der Waals surface area contributed by atoms with Crippen molar-refractivity contribution in [2.24, 2.45) is 0 Å². The molecule has 0 saturated carbocycles. The molecule has 0 radical (unpaired) electrons. The maximum absolute atomic E-state index is 12.7. The highest BCUT2D eigenvalue weighted by Crippen LogP contribution is 2.41.